The molecule has 1 aliphatic rings. The van der Waals surface area contributed by atoms with Crippen LogP contribution in [0.25, 0.3) is 20.9 Å². The Morgan fingerprint density at radius 1 is 1.04 bits per heavy atom. The SMILES string of the molecule is [N-]=[N+]=NCc1cc2c(cc1CN=[N+]=[N-])C(c1ccc(F)c(F)c1)CC(=O)N2. The highest BCUT2D eigenvalue weighted by Gasteiger charge is 2.28. The number of benzene rings is 2. The van der Waals surface area contributed by atoms with Gasteiger partial charge in [0.15, 0.2) is 11.6 Å². The van der Waals surface area contributed by atoms with Crippen molar-refractivity contribution in [2.45, 2.75) is 25.4 Å². The minimum Gasteiger partial charge on any atom is -0.326 e. The summed E-state index contributed by atoms with van der Waals surface area (Å²) in [5.74, 6) is -2.71. The summed E-state index contributed by atoms with van der Waals surface area (Å²) in [6, 6.07) is 6.91. The van der Waals surface area contributed by atoms with Crippen LogP contribution in [-0.2, 0) is 17.9 Å². The van der Waals surface area contributed by atoms with Crippen molar-refractivity contribution in [3.05, 3.63) is 85.1 Å². The molecule has 1 N–H and O–H groups in total. The van der Waals surface area contributed by atoms with Crippen molar-refractivity contribution in [1.82, 2.24) is 0 Å². The second-order valence-corrected chi connectivity index (χ2v) is 5.96. The van der Waals surface area contributed by atoms with E-state index < -0.39 is 17.6 Å². The first-order valence-electron chi connectivity index (χ1n) is 7.95. The Bertz CT molecular complexity index is 1010. The molecule has 3 rings (SSSR count). The molecule has 2 aromatic rings. The molecule has 0 radical (unpaired) electrons. The minimum atomic E-state index is -0.991. The van der Waals surface area contributed by atoms with Crippen molar-refractivity contribution < 1.29 is 13.6 Å². The number of carbonyl (C=O) groups excluding carboxylic acids is 1. The van der Waals surface area contributed by atoms with E-state index in [0.29, 0.717) is 27.9 Å². The molecule has 0 spiro atoms. The summed E-state index contributed by atoms with van der Waals surface area (Å²) in [4.78, 5) is 17.6. The van der Waals surface area contributed by atoms with Crippen LogP contribution >= 0.6 is 0 Å². The molecule has 1 aliphatic heterocycles. The highest BCUT2D eigenvalue weighted by Crippen LogP contribution is 2.39. The number of azide groups is 2. The number of carbonyl (C=O) groups is 1. The first-order chi connectivity index (χ1) is 13.0. The van der Waals surface area contributed by atoms with Crippen LogP contribution in [0.1, 0.15) is 34.6 Å². The Labute approximate surface area is 152 Å². The Hall–Kier alpha value is -3.61. The normalized spacial score (nSPS) is 15.2. The fourth-order valence-corrected chi connectivity index (χ4v) is 3.14. The highest BCUT2D eigenvalue weighted by atomic mass is 19.2. The molecule has 1 amide bonds. The van der Waals surface area contributed by atoms with Crippen LogP contribution in [0.3, 0.4) is 0 Å². The molecular weight excluding hydrogens is 356 g/mol. The summed E-state index contributed by atoms with van der Waals surface area (Å²) in [5.41, 5.74) is 20.0. The molecule has 0 fully saturated rings. The van der Waals surface area contributed by atoms with Crippen molar-refractivity contribution in [3.63, 3.8) is 0 Å². The van der Waals surface area contributed by atoms with Gasteiger partial charge in [0.1, 0.15) is 0 Å². The van der Waals surface area contributed by atoms with E-state index >= 15 is 0 Å². The lowest BCUT2D eigenvalue weighted by molar-refractivity contribution is -0.116. The molecule has 0 bridgehead atoms. The van der Waals surface area contributed by atoms with Gasteiger partial charge in [-0.2, -0.15) is 0 Å². The van der Waals surface area contributed by atoms with Crippen molar-refractivity contribution in [2.75, 3.05) is 5.32 Å². The second-order valence-electron chi connectivity index (χ2n) is 5.96. The zero-order valence-corrected chi connectivity index (χ0v) is 13.9. The number of halogens is 2. The van der Waals surface area contributed by atoms with Crippen LogP contribution in [0.15, 0.2) is 40.6 Å². The summed E-state index contributed by atoms with van der Waals surface area (Å²) in [6.45, 7) is 0.0459. The van der Waals surface area contributed by atoms with Gasteiger partial charge in [-0.3, -0.25) is 4.79 Å². The first kappa shape index (κ1) is 18.2. The summed E-state index contributed by atoms with van der Waals surface area (Å²) in [7, 11) is 0. The maximum Gasteiger partial charge on any atom is 0.225 e. The van der Waals surface area contributed by atoms with E-state index in [4.69, 9.17) is 11.1 Å². The summed E-state index contributed by atoms with van der Waals surface area (Å²) >= 11 is 0. The van der Waals surface area contributed by atoms with E-state index in [1.807, 2.05) is 0 Å². The number of rotatable bonds is 5. The van der Waals surface area contributed by atoms with Gasteiger partial charge in [-0.15, -0.1) is 0 Å². The Morgan fingerprint density at radius 3 is 2.33 bits per heavy atom. The van der Waals surface area contributed by atoms with Gasteiger partial charge < -0.3 is 5.32 Å². The second kappa shape index (κ2) is 7.74. The molecule has 10 heteroatoms. The first-order valence-corrected chi connectivity index (χ1v) is 7.95. The maximum absolute atomic E-state index is 13.7. The molecule has 0 saturated heterocycles. The summed E-state index contributed by atoms with van der Waals surface area (Å²) in [6.07, 6.45) is 0.0642. The molecule has 8 nitrogen and oxygen atoms in total. The lowest BCUT2D eigenvalue weighted by atomic mass is 9.83. The average Bonchev–Trinajstić information content (AvgIpc) is 2.66. The highest BCUT2D eigenvalue weighted by molar-refractivity contribution is 5.95. The van der Waals surface area contributed by atoms with Crippen molar-refractivity contribution >= 4 is 11.6 Å². The molecule has 1 unspecified atom stereocenters. The molecule has 136 valence electrons. The van der Waals surface area contributed by atoms with Crippen LogP contribution in [0, 0.1) is 11.6 Å². The topological polar surface area (TPSA) is 127 Å². The van der Waals surface area contributed by atoms with E-state index in [9.17, 15) is 13.6 Å². The average molecular weight is 369 g/mol. The van der Waals surface area contributed by atoms with Crippen LogP contribution in [0.4, 0.5) is 14.5 Å². The smallest absolute Gasteiger partial charge is 0.225 e. The van der Waals surface area contributed by atoms with Gasteiger partial charge >= 0.3 is 0 Å². The van der Waals surface area contributed by atoms with Gasteiger partial charge in [-0.1, -0.05) is 22.4 Å². The van der Waals surface area contributed by atoms with Gasteiger partial charge in [-0.25, -0.2) is 8.78 Å². The van der Waals surface area contributed by atoms with Crippen molar-refractivity contribution in [3.8, 4) is 0 Å². The Kier molecular flexibility index (Phi) is 5.21. The fraction of sp³-hybridized carbons (Fsp3) is 0.235. The van der Waals surface area contributed by atoms with E-state index in [1.54, 1.807) is 12.1 Å². The monoisotopic (exact) mass is 369 g/mol. The quantitative estimate of drug-likeness (QED) is 0.441. The minimum absolute atomic E-state index is 0.0196. The third-order valence-corrected chi connectivity index (χ3v) is 4.37. The number of amides is 1. The third-order valence-electron chi connectivity index (χ3n) is 4.37. The predicted molar refractivity (Wildman–Crippen MR) is 93.6 cm³/mol. The van der Waals surface area contributed by atoms with Crippen LogP contribution in [0.2, 0.25) is 0 Å². The Balaban J connectivity index is 2.13. The number of nitrogens with zero attached hydrogens (tertiary/aromatic N) is 6. The van der Waals surface area contributed by atoms with E-state index in [-0.39, 0.29) is 25.4 Å². The van der Waals surface area contributed by atoms with E-state index in [2.05, 4.69) is 25.4 Å². The zero-order valence-electron chi connectivity index (χ0n) is 13.9. The molecule has 2 aromatic carbocycles. The number of nitrogens with one attached hydrogen (secondary N) is 1. The van der Waals surface area contributed by atoms with Crippen molar-refractivity contribution in [2.24, 2.45) is 10.2 Å². The predicted octanol–water partition coefficient (Wildman–Crippen LogP) is 5.06. The summed E-state index contributed by atoms with van der Waals surface area (Å²) in [5, 5.41) is 9.81. The van der Waals surface area contributed by atoms with Gasteiger partial charge in [-0.05, 0) is 51.5 Å². The summed E-state index contributed by atoms with van der Waals surface area (Å²) < 4.78 is 27.0. The number of fused-ring (bicyclic) bond motifs is 1. The van der Waals surface area contributed by atoms with E-state index in [1.165, 1.54) is 6.07 Å². The molecular formula is C17H13F2N7O. The largest absolute Gasteiger partial charge is 0.326 e. The molecule has 1 atom stereocenters. The van der Waals surface area contributed by atoms with Crippen LogP contribution in [-0.4, -0.2) is 5.91 Å². The van der Waals surface area contributed by atoms with Crippen LogP contribution < -0.4 is 5.32 Å². The fourth-order valence-electron chi connectivity index (χ4n) is 3.14. The maximum atomic E-state index is 13.7. The zero-order chi connectivity index (χ0) is 19.4. The number of hydrogen-bond donors (Lipinski definition) is 1. The van der Waals surface area contributed by atoms with Gasteiger partial charge in [0, 0.05) is 27.8 Å². The van der Waals surface area contributed by atoms with Gasteiger partial charge in [0.2, 0.25) is 5.91 Å². The molecule has 0 aromatic heterocycles. The van der Waals surface area contributed by atoms with Gasteiger partial charge in [0.25, 0.3) is 0 Å². The molecule has 0 aliphatic carbocycles. The van der Waals surface area contributed by atoms with E-state index in [0.717, 1.165) is 12.1 Å². The molecule has 1 heterocycles. The number of anilines is 1. The molecule has 0 saturated carbocycles. The van der Waals surface area contributed by atoms with Crippen molar-refractivity contribution in [1.29, 1.82) is 0 Å². The molecule has 27 heavy (non-hydrogen) atoms. The lowest BCUT2D eigenvalue weighted by Gasteiger charge is -2.27. The standard InChI is InChI=1S/C17H13F2N7O/c18-14-2-1-9(4-15(14)19)12-6-17(27)24-16-5-11(8-23-26-21)10(3-13(12)16)7-22-25-20/h1-5,12H,6-8H2,(H,24,27). The Morgan fingerprint density at radius 2 is 1.70 bits per heavy atom. The van der Waals surface area contributed by atoms with Crippen LogP contribution in [0.5, 0.6) is 0 Å². The third kappa shape index (κ3) is 3.82. The lowest BCUT2D eigenvalue weighted by Crippen LogP contribution is -2.24. The van der Waals surface area contributed by atoms with Gasteiger partial charge in [0.05, 0.1) is 13.1 Å². The number of hydrogen-bond acceptors (Lipinski definition) is 3.